The predicted octanol–water partition coefficient (Wildman–Crippen LogP) is 8.24. The minimum atomic E-state index is -1.00. The van der Waals surface area contributed by atoms with Crippen LogP contribution in [-0.2, 0) is 26.2 Å². The monoisotopic (exact) mass is 929 g/mol. The first-order valence-corrected chi connectivity index (χ1v) is 20.0. The van der Waals surface area contributed by atoms with Crippen molar-refractivity contribution >= 4 is 80.9 Å². The van der Waals surface area contributed by atoms with Gasteiger partial charge >= 0.3 is 5.97 Å². The quantitative estimate of drug-likeness (QED) is 0.0921. The number of nitrogens with one attached hydrogen (secondary N) is 1. The van der Waals surface area contributed by atoms with E-state index >= 15 is 0 Å². The van der Waals surface area contributed by atoms with Gasteiger partial charge in [0.05, 0.1) is 59.6 Å². The molecule has 19 heteroatoms. The van der Waals surface area contributed by atoms with E-state index < -0.39 is 13.1 Å². The number of carbonyl (C=O) groups excluding carboxylic acids is 1. The van der Waals surface area contributed by atoms with Crippen molar-refractivity contribution in [2.75, 3.05) is 18.6 Å². The Kier molecular flexibility index (Phi) is 17.4. The maximum absolute atomic E-state index is 12.7. The molecule has 8 aromatic rings. The SMILES string of the molecule is Cc1nc(N)ccc1CN.Cc1nc(N)ccc1CNC(=O)c1cn(Cc2ccc3ncc(Cl)cc3c2)nc1C.Cc1nn(Cc2ccc3ncc(Cl)cc3c2)cc1C(=O)O.Cl.[2H]CF. The minimum absolute atomic E-state index is 0. The lowest BCUT2D eigenvalue weighted by molar-refractivity contribution is 0.0695. The van der Waals surface area contributed by atoms with E-state index in [-0.39, 0.29) is 23.9 Å². The molecule has 64 heavy (non-hydrogen) atoms. The topological polar surface area (TPSA) is 232 Å². The second-order valence-corrected chi connectivity index (χ2v) is 15.0. The molecule has 6 heterocycles. The molecule has 0 aliphatic carbocycles. The molecule has 0 aliphatic heterocycles. The van der Waals surface area contributed by atoms with Crippen molar-refractivity contribution in [3.05, 3.63) is 164 Å². The number of rotatable bonds is 9. The van der Waals surface area contributed by atoms with Gasteiger partial charge in [0.15, 0.2) is 0 Å². The summed E-state index contributed by atoms with van der Waals surface area (Å²) < 4.78 is 18.9. The van der Waals surface area contributed by atoms with Crippen molar-refractivity contribution < 1.29 is 20.5 Å². The van der Waals surface area contributed by atoms with E-state index in [1.54, 1.807) is 47.0 Å². The Balaban J connectivity index is 0.000000228. The van der Waals surface area contributed by atoms with Gasteiger partial charge in [-0.3, -0.25) is 28.5 Å². The molecule has 0 spiro atoms. The summed E-state index contributed by atoms with van der Waals surface area (Å²) in [5.41, 5.74) is 26.0. The van der Waals surface area contributed by atoms with Crippen LogP contribution in [0.3, 0.4) is 0 Å². The number of aromatic nitrogens is 8. The number of benzene rings is 2. The molecule has 0 atom stereocenters. The van der Waals surface area contributed by atoms with Gasteiger partial charge in [-0.15, -0.1) is 12.4 Å². The molecule has 15 nitrogen and oxygen atoms in total. The number of aryl methyl sites for hydroxylation is 4. The van der Waals surface area contributed by atoms with Crippen LogP contribution in [0.2, 0.25) is 10.0 Å². The number of hydrogen-bond donors (Lipinski definition) is 5. The van der Waals surface area contributed by atoms with Crippen LogP contribution in [0.5, 0.6) is 0 Å². The number of nitrogens with zero attached hydrogens (tertiary/aromatic N) is 8. The Bertz CT molecular complexity index is 2910. The lowest BCUT2D eigenvalue weighted by Gasteiger charge is -2.07. The molecule has 0 unspecified atom stereocenters. The highest BCUT2D eigenvalue weighted by atomic mass is 35.5. The molecular formula is C45H48Cl3FN12O3. The molecule has 0 fully saturated rings. The van der Waals surface area contributed by atoms with Crippen LogP contribution in [0, 0.1) is 27.7 Å². The molecule has 8 N–H and O–H groups in total. The van der Waals surface area contributed by atoms with Gasteiger partial charge in [0.25, 0.3) is 5.91 Å². The van der Waals surface area contributed by atoms with Gasteiger partial charge in [0.2, 0.25) is 0 Å². The Morgan fingerprint density at radius 2 is 1.17 bits per heavy atom. The zero-order valence-corrected chi connectivity index (χ0v) is 37.7. The van der Waals surface area contributed by atoms with Gasteiger partial charge in [-0.05, 0) is 98.5 Å². The molecule has 0 saturated heterocycles. The second kappa shape index (κ2) is 23.1. The fourth-order valence-corrected chi connectivity index (χ4v) is 6.73. The van der Waals surface area contributed by atoms with E-state index in [1.807, 2.05) is 81.4 Å². The Hall–Kier alpha value is -6.72. The molecule has 2 aromatic carbocycles. The number of nitrogens with two attached hydrogens (primary N) is 3. The van der Waals surface area contributed by atoms with E-state index in [4.69, 9.17) is 46.9 Å². The first-order valence-electron chi connectivity index (χ1n) is 19.9. The number of amides is 1. The van der Waals surface area contributed by atoms with E-state index in [2.05, 4.69) is 35.5 Å². The summed E-state index contributed by atoms with van der Waals surface area (Å²) in [7, 11) is -1.00. The van der Waals surface area contributed by atoms with Crippen molar-refractivity contribution in [3.8, 4) is 0 Å². The fraction of sp³-hybridized carbons (Fsp3) is 0.200. The van der Waals surface area contributed by atoms with Gasteiger partial charge in [-0.25, -0.2) is 14.8 Å². The molecule has 0 aliphatic rings. The van der Waals surface area contributed by atoms with E-state index in [0.717, 1.165) is 55.4 Å². The largest absolute Gasteiger partial charge is 0.478 e. The molecule has 0 radical (unpaired) electrons. The Morgan fingerprint density at radius 3 is 1.61 bits per heavy atom. The zero-order chi connectivity index (χ0) is 46.5. The summed E-state index contributed by atoms with van der Waals surface area (Å²) in [6, 6.07) is 22.8. The minimum Gasteiger partial charge on any atom is -0.478 e. The van der Waals surface area contributed by atoms with Gasteiger partial charge in [0.1, 0.15) is 17.2 Å². The Labute approximate surface area is 386 Å². The van der Waals surface area contributed by atoms with Gasteiger partial charge in [-0.1, -0.05) is 47.5 Å². The third-order valence-electron chi connectivity index (χ3n) is 9.57. The molecular weight excluding hydrogens is 882 g/mol. The summed E-state index contributed by atoms with van der Waals surface area (Å²) in [5, 5.41) is 23.8. The number of alkyl halides is 1. The van der Waals surface area contributed by atoms with E-state index in [1.165, 1.54) is 6.20 Å². The molecule has 8 rings (SSSR count). The summed E-state index contributed by atoms with van der Waals surface area (Å²) in [6.45, 7) is 9.22. The third kappa shape index (κ3) is 13.4. The molecule has 334 valence electrons. The average Bonchev–Trinajstić information content (AvgIpc) is 3.81. The number of halogens is 4. The first-order chi connectivity index (χ1) is 30.6. The molecule has 0 saturated carbocycles. The highest BCUT2D eigenvalue weighted by Gasteiger charge is 2.15. The number of aromatic carboxylic acids is 1. The number of fused-ring (bicyclic) bond motifs is 2. The molecule has 0 bridgehead atoms. The fourth-order valence-electron chi connectivity index (χ4n) is 6.40. The van der Waals surface area contributed by atoms with Crippen LogP contribution in [0.15, 0.2) is 97.6 Å². The number of nitrogen functional groups attached to an aromatic ring is 2. The maximum atomic E-state index is 12.7. The zero-order valence-electron chi connectivity index (χ0n) is 36.4. The molecule has 1 amide bonds. The lowest BCUT2D eigenvalue weighted by atomic mass is 10.1. The van der Waals surface area contributed by atoms with Crippen LogP contribution in [0.1, 0.15) is 67.1 Å². The number of carbonyl (C=O) groups is 2. The summed E-state index contributed by atoms with van der Waals surface area (Å²) in [4.78, 5) is 40.5. The van der Waals surface area contributed by atoms with Crippen molar-refractivity contribution in [1.29, 1.82) is 0 Å². The molecule has 6 aromatic heterocycles. The normalized spacial score (nSPS) is 10.6. The number of carboxylic acids is 1. The van der Waals surface area contributed by atoms with Crippen LogP contribution >= 0.6 is 35.6 Å². The first kappa shape index (κ1) is 48.3. The Morgan fingerprint density at radius 1 is 0.719 bits per heavy atom. The standard InChI is InChI=1S/C22H21ClN6O.C15H12ClN3O2.C7H11N3.CH3F.ClH/c1-13-16(4-6-21(24)27-13)9-26-22(30)19-12-29(28-14(19)2)11-15-3-5-20-17(7-15)8-18(23)10-25-20;1-9-13(15(20)21)8-19(18-9)7-10-2-3-14-11(4-10)5-12(16)6-17-14;1-5-6(4-8)2-3-7(9)10-5;1-2;/h3-8,10,12H,9,11H2,1-2H3,(H2,24,27)(H,26,30);2-6,8H,7H2,1H3,(H,20,21);2-3H,4,8H2,1H3,(H2,9,10);1H3;1H/i;;;1D;. The summed E-state index contributed by atoms with van der Waals surface area (Å²) >= 11 is 12.0. The van der Waals surface area contributed by atoms with Crippen molar-refractivity contribution in [2.45, 2.75) is 53.9 Å². The average molecular weight is 931 g/mol. The van der Waals surface area contributed by atoms with Crippen LogP contribution in [0.25, 0.3) is 21.8 Å². The number of hydrogen-bond acceptors (Lipinski definition) is 11. The van der Waals surface area contributed by atoms with Crippen LogP contribution in [-0.4, -0.2) is 63.6 Å². The number of carboxylic acid groups (broad SMARTS) is 1. The smallest absolute Gasteiger partial charge is 0.339 e. The van der Waals surface area contributed by atoms with E-state index in [9.17, 15) is 14.0 Å². The van der Waals surface area contributed by atoms with Crippen LogP contribution in [0.4, 0.5) is 16.0 Å². The third-order valence-corrected chi connectivity index (χ3v) is 9.99. The summed E-state index contributed by atoms with van der Waals surface area (Å²) in [5.74, 6) is -0.126. The van der Waals surface area contributed by atoms with Crippen molar-refractivity contribution in [1.82, 2.24) is 44.8 Å². The van der Waals surface area contributed by atoms with Crippen LogP contribution < -0.4 is 22.5 Å². The maximum Gasteiger partial charge on any atom is 0.339 e. The van der Waals surface area contributed by atoms with E-state index in [0.29, 0.717) is 64.8 Å². The van der Waals surface area contributed by atoms with Gasteiger partial charge in [-0.2, -0.15) is 10.2 Å². The van der Waals surface area contributed by atoms with Crippen molar-refractivity contribution in [3.63, 3.8) is 0 Å². The highest BCUT2D eigenvalue weighted by Crippen LogP contribution is 2.21. The highest BCUT2D eigenvalue weighted by molar-refractivity contribution is 6.31. The lowest BCUT2D eigenvalue weighted by Crippen LogP contribution is -2.23. The summed E-state index contributed by atoms with van der Waals surface area (Å²) in [6.07, 6.45) is 6.55. The van der Waals surface area contributed by atoms with Crippen molar-refractivity contribution in [2.24, 2.45) is 5.73 Å². The predicted molar refractivity (Wildman–Crippen MR) is 253 cm³/mol. The second-order valence-electron chi connectivity index (χ2n) is 14.2. The number of anilines is 2. The number of pyridine rings is 4. The van der Waals surface area contributed by atoms with Gasteiger partial charge in [0, 0.05) is 60.0 Å². The van der Waals surface area contributed by atoms with Gasteiger partial charge < -0.3 is 27.6 Å².